The summed E-state index contributed by atoms with van der Waals surface area (Å²) < 4.78 is 0. The molecule has 2 unspecified atom stereocenters. The Labute approximate surface area is 113 Å². The molecule has 3 rings (SSSR count). The first kappa shape index (κ1) is 13.0. The molecule has 1 saturated carbocycles. The Balaban J connectivity index is 1.62. The van der Waals surface area contributed by atoms with E-state index in [9.17, 15) is 0 Å². The van der Waals surface area contributed by atoms with Crippen molar-refractivity contribution in [2.45, 2.75) is 78.3 Å². The van der Waals surface area contributed by atoms with Gasteiger partial charge in [-0.25, -0.2) is 0 Å². The second-order valence-corrected chi connectivity index (χ2v) is 8.30. The fourth-order valence-corrected chi connectivity index (χ4v) is 5.11. The molecule has 2 atom stereocenters. The SMILES string of the molecule is CC(C)CN1C2CCC1CC1(CC(C(C)C)C1)C2. The van der Waals surface area contributed by atoms with Crippen molar-refractivity contribution in [2.24, 2.45) is 23.2 Å². The molecule has 0 N–H and O–H groups in total. The van der Waals surface area contributed by atoms with Crippen LogP contribution in [0.3, 0.4) is 0 Å². The number of hydrogen-bond donors (Lipinski definition) is 0. The Bertz CT molecular complexity index is 285. The molecule has 1 aliphatic carbocycles. The summed E-state index contributed by atoms with van der Waals surface area (Å²) in [4.78, 5) is 2.87. The number of fused-ring (bicyclic) bond motifs is 2. The van der Waals surface area contributed by atoms with Gasteiger partial charge in [-0.2, -0.15) is 0 Å². The predicted molar refractivity (Wildman–Crippen MR) is 77.6 cm³/mol. The Morgan fingerprint density at radius 2 is 1.50 bits per heavy atom. The third-order valence-electron chi connectivity index (χ3n) is 6.02. The van der Waals surface area contributed by atoms with Crippen LogP contribution >= 0.6 is 0 Å². The van der Waals surface area contributed by atoms with Gasteiger partial charge in [0.05, 0.1) is 0 Å². The van der Waals surface area contributed by atoms with E-state index in [0.717, 1.165) is 35.3 Å². The van der Waals surface area contributed by atoms with E-state index >= 15 is 0 Å². The maximum Gasteiger partial charge on any atom is 0.0104 e. The van der Waals surface area contributed by atoms with Crippen LogP contribution in [-0.2, 0) is 0 Å². The minimum absolute atomic E-state index is 0.786. The van der Waals surface area contributed by atoms with Crippen molar-refractivity contribution in [3.05, 3.63) is 0 Å². The van der Waals surface area contributed by atoms with Crippen LogP contribution in [0, 0.1) is 23.2 Å². The first-order valence-corrected chi connectivity index (χ1v) is 8.25. The quantitative estimate of drug-likeness (QED) is 0.720. The van der Waals surface area contributed by atoms with Crippen molar-refractivity contribution in [1.29, 1.82) is 0 Å². The molecule has 0 aromatic rings. The third-order valence-corrected chi connectivity index (χ3v) is 6.02. The monoisotopic (exact) mass is 249 g/mol. The van der Waals surface area contributed by atoms with Crippen LogP contribution in [0.4, 0.5) is 0 Å². The average Bonchev–Trinajstić information content (AvgIpc) is 2.48. The lowest BCUT2D eigenvalue weighted by Gasteiger charge is -2.56. The Hall–Kier alpha value is -0.0400. The van der Waals surface area contributed by atoms with Crippen LogP contribution in [0.15, 0.2) is 0 Å². The van der Waals surface area contributed by atoms with Gasteiger partial charge in [0, 0.05) is 18.6 Å². The van der Waals surface area contributed by atoms with E-state index in [1.807, 2.05) is 0 Å². The van der Waals surface area contributed by atoms with Crippen LogP contribution in [0.1, 0.15) is 66.2 Å². The van der Waals surface area contributed by atoms with Gasteiger partial charge in [-0.15, -0.1) is 0 Å². The zero-order valence-electron chi connectivity index (χ0n) is 12.8. The fraction of sp³-hybridized carbons (Fsp3) is 1.00. The number of nitrogens with zero attached hydrogens (tertiary/aromatic N) is 1. The van der Waals surface area contributed by atoms with E-state index in [1.54, 1.807) is 12.8 Å². The van der Waals surface area contributed by atoms with Crippen LogP contribution < -0.4 is 0 Å². The zero-order valence-corrected chi connectivity index (χ0v) is 12.8. The van der Waals surface area contributed by atoms with Gasteiger partial charge in [0.15, 0.2) is 0 Å². The molecule has 2 bridgehead atoms. The molecule has 104 valence electrons. The molecule has 2 saturated heterocycles. The van der Waals surface area contributed by atoms with Crippen LogP contribution in [0.5, 0.6) is 0 Å². The normalized spacial score (nSPS) is 44.0. The molecule has 1 spiro atoms. The fourth-order valence-electron chi connectivity index (χ4n) is 5.11. The van der Waals surface area contributed by atoms with Crippen molar-refractivity contribution >= 4 is 0 Å². The molecule has 3 aliphatic rings. The molecule has 1 nitrogen and oxygen atoms in total. The minimum Gasteiger partial charge on any atom is -0.297 e. The van der Waals surface area contributed by atoms with E-state index in [0.29, 0.717) is 0 Å². The summed E-state index contributed by atoms with van der Waals surface area (Å²) in [5.74, 6) is 2.80. The van der Waals surface area contributed by atoms with Crippen molar-refractivity contribution in [2.75, 3.05) is 6.54 Å². The minimum atomic E-state index is 0.786. The summed E-state index contributed by atoms with van der Waals surface area (Å²) in [6.07, 6.45) is 9.14. The maximum atomic E-state index is 2.87. The van der Waals surface area contributed by atoms with Gasteiger partial charge in [-0.1, -0.05) is 27.7 Å². The van der Waals surface area contributed by atoms with E-state index in [2.05, 4.69) is 32.6 Å². The Kier molecular flexibility index (Phi) is 3.25. The van der Waals surface area contributed by atoms with Crippen LogP contribution in [-0.4, -0.2) is 23.5 Å². The lowest BCUT2D eigenvalue weighted by atomic mass is 9.54. The number of hydrogen-bond acceptors (Lipinski definition) is 1. The topological polar surface area (TPSA) is 3.24 Å². The standard InChI is InChI=1S/C17H31N/c1-12(2)11-18-15-5-6-16(18)10-17(9-15)7-14(8-17)13(3)4/h12-16H,5-11H2,1-4H3. The molecule has 18 heavy (non-hydrogen) atoms. The van der Waals surface area contributed by atoms with Gasteiger partial charge in [-0.3, -0.25) is 4.90 Å². The molecular formula is C17H31N. The van der Waals surface area contributed by atoms with Crippen molar-refractivity contribution in [1.82, 2.24) is 4.90 Å². The molecule has 1 heteroatoms. The third kappa shape index (κ3) is 2.13. The number of piperidine rings is 1. The van der Waals surface area contributed by atoms with E-state index in [-0.39, 0.29) is 0 Å². The highest BCUT2D eigenvalue weighted by molar-refractivity contribution is 5.06. The summed E-state index contributed by atoms with van der Waals surface area (Å²) >= 11 is 0. The molecule has 0 aromatic carbocycles. The second kappa shape index (κ2) is 4.51. The largest absolute Gasteiger partial charge is 0.297 e. The Morgan fingerprint density at radius 3 is 1.94 bits per heavy atom. The van der Waals surface area contributed by atoms with Gasteiger partial charge in [0.2, 0.25) is 0 Å². The maximum absolute atomic E-state index is 2.87. The Morgan fingerprint density at radius 1 is 0.944 bits per heavy atom. The highest BCUT2D eigenvalue weighted by Gasteiger charge is 2.53. The van der Waals surface area contributed by atoms with Crippen molar-refractivity contribution in [3.8, 4) is 0 Å². The lowest BCUT2D eigenvalue weighted by Crippen LogP contribution is -2.53. The van der Waals surface area contributed by atoms with E-state index < -0.39 is 0 Å². The molecule has 3 fully saturated rings. The van der Waals surface area contributed by atoms with Gasteiger partial charge < -0.3 is 0 Å². The summed E-state index contributed by atoms with van der Waals surface area (Å²) in [7, 11) is 0. The van der Waals surface area contributed by atoms with Gasteiger partial charge >= 0.3 is 0 Å². The number of rotatable bonds is 3. The first-order chi connectivity index (χ1) is 8.49. The molecule has 0 aromatic heterocycles. The smallest absolute Gasteiger partial charge is 0.0104 e. The van der Waals surface area contributed by atoms with Crippen molar-refractivity contribution in [3.63, 3.8) is 0 Å². The lowest BCUT2D eigenvalue weighted by molar-refractivity contribution is -0.0624. The second-order valence-electron chi connectivity index (χ2n) is 8.30. The van der Waals surface area contributed by atoms with Gasteiger partial charge in [0.1, 0.15) is 0 Å². The molecular weight excluding hydrogens is 218 g/mol. The van der Waals surface area contributed by atoms with Crippen molar-refractivity contribution < 1.29 is 0 Å². The summed E-state index contributed by atoms with van der Waals surface area (Å²) in [6, 6.07) is 1.89. The molecule has 0 radical (unpaired) electrons. The molecule has 2 heterocycles. The first-order valence-electron chi connectivity index (χ1n) is 8.25. The summed E-state index contributed by atoms with van der Waals surface area (Å²) in [6.45, 7) is 10.9. The van der Waals surface area contributed by atoms with Gasteiger partial charge in [-0.05, 0) is 61.7 Å². The highest BCUT2D eigenvalue weighted by Crippen LogP contribution is 2.59. The summed E-state index contributed by atoms with van der Waals surface area (Å²) in [5, 5.41) is 0. The summed E-state index contributed by atoms with van der Waals surface area (Å²) in [5.41, 5.74) is 0.786. The van der Waals surface area contributed by atoms with Crippen LogP contribution in [0.2, 0.25) is 0 Å². The molecule has 0 amide bonds. The zero-order chi connectivity index (χ0) is 12.9. The molecule has 2 aliphatic heterocycles. The highest BCUT2D eigenvalue weighted by atomic mass is 15.2. The van der Waals surface area contributed by atoms with E-state index in [1.165, 1.54) is 32.2 Å². The van der Waals surface area contributed by atoms with E-state index in [4.69, 9.17) is 0 Å². The van der Waals surface area contributed by atoms with Gasteiger partial charge in [0.25, 0.3) is 0 Å². The average molecular weight is 249 g/mol. The van der Waals surface area contributed by atoms with Crippen LogP contribution in [0.25, 0.3) is 0 Å². The predicted octanol–water partition coefficient (Wildman–Crippen LogP) is 4.32.